The van der Waals surface area contributed by atoms with Crippen molar-refractivity contribution >= 4 is 11.9 Å². The van der Waals surface area contributed by atoms with E-state index in [2.05, 4.69) is 10.3 Å². The lowest BCUT2D eigenvalue weighted by Gasteiger charge is -2.11. The summed E-state index contributed by atoms with van der Waals surface area (Å²) < 4.78 is 0. The van der Waals surface area contributed by atoms with Crippen LogP contribution >= 0.6 is 0 Å². The SMILES string of the molecule is O=C(N[C@@H]1CC[C@@H](C(=O)O)C1)c1cccnc1. The quantitative estimate of drug-likeness (QED) is 0.819. The van der Waals surface area contributed by atoms with Crippen LogP contribution in [0.4, 0.5) is 0 Å². The van der Waals surface area contributed by atoms with Gasteiger partial charge in [-0.15, -0.1) is 0 Å². The largest absolute Gasteiger partial charge is 0.481 e. The van der Waals surface area contributed by atoms with Crippen molar-refractivity contribution in [1.29, 1.82) is 0 Å². The summed E-state index contributed by atoms with van der Waals surface area (Å²) in [5.41, 5.74) is 0.506. The van der Waals surface area contributed by atoms with Crippen molar-refractivity contribution in [2.75, 3.05) is 0 Å². The van der Waals surface area contributed by atoms with Gasteiger partial charge in [-0.05, 0) is 31.4 Å². The van der Waals surface area contributed by atoms with Crippen LogP contribution in [-0.2, 0) is 4.79 Å². The van der Waals surface area contributed by atoms with Crippen molar-refractivity contribution in [3.8, 4) is 0 Å². The van der Waals surface area contributed by atoms with Crippen molar-refractivity contribution < 1.29 is 14.7 Å². The summed E-state index contributed by atoms with van der Waals surface area (Å²) in [4.78, 5) is 26.4. The predicted octanol–water partition coefficient (Wildman–Crippen LogP) is 1.06. The number of aromatic nitrogens is 1. The number of aliphatic carboxylic acids is 1. The third kappa shape index (κ3) is 2.81. The van der Waals surface area contributed by atoms with Crippen molar-refractivity contribution in [3.63, 3.8) is 0 Å². The minimum Gasteiger partial charge on any atom is -0.481 e. The normalized spacial score (nSPS) is 23.3. The van der Waals surface area contributed by atoms with Crippen LogP contribution in [0.2, 0.25) is 0 Å². The Bertz CT molecular complexity index is 419. The lowest BCUT2D eigenvalue weighted by Crippen LogP contribution is -2.33. The number of hydrogen-bond donors (Lipinski definition) is 2. The molecule has 1 heterocycles. The van der Waals surface area contributed by atoms with Crippen molar-refractivity contribution in [2.24, 2.45) is 5.92 Å². The second-order valence-corrected chi connectivity index (χ2v) is 4.26. The monoisotopic (exact) mass is 234 g/mol. The van der Waals surface area contributed by atoms with E-state index in [1.807, 2.05) is 0 Å². The molecule has 2 rings (SSSR count). The van der Waals surface area contributed by atoms with Crippen LogP contribution in [0.25, 0.3) is 0 Å². The molecule has 1 aliphatic carbocycles. The Labute approximate surface area is 98.9 Å². The summed E-state index contributed by atoms with van der Waals surface area (Å²) in [6.07, 6.45) is 4.98. The molecule has 2 N–H and O–H groups in total. The number of pyridine rings is 1. The standard InChI is InChI=1S/C12H14N2O3/c15-11(9-2-1-5-13-7-9)14-10-4-3-8(6-10)12(16)17/h1-2,5,7-8,10H,3-4,6H2,(H,14,15)(H,16,17)/t8-,10-/m1/s1. The van der Waals surface area contributed by atoms with Crippen LogP contribution in [0.15, 0.2) is 24.5 Å². The molecule has 1 aliphatic rings. The van der Waals surface area contributed by atoms with E-state index in [9.17, 15) is 9.59 Å². The maximum absolute atomic E-state index is 11.8. The summed E-state index contributed by atoms with van der Waals surface area (Å²) >= 11 is 0. The average molecular weight is 234 g/mol. The number of carboxylic acid groups (broad SMARTS) is 1. The number of carbonyl (C=O) groups excluding carboxylic acids is 1. The number of carbonyl (C=O) groups is 2. The topological polar surface area (TPSA) is 79.3 Å². The molecule has 0 radical (unpaired) electrons. The Kier molecular flexibility index (Phi) is 3.37. The molecule has 17 heavy (non-hydrogen) atoms. The zero-order valence-corrected chi connectivity index (χ0v) is 9.30. The van der Waals surface area contributed by atoms with Crippen LogP contribution in [0, 0.1) is 5.92 Å². The number of amides is 1. The van der Waals surface area contributed by atoms with Crippen LogP contribution in [0.5, 0.6) is 0 Å². The van der Waals surface area contributed by atoms with Gasteiger partial charge in [0.1, 0.15) is 0 Å². The van der Waals surface area contributed by atoms with Gasteiger partial charge in [0.05, 0.1) is 11.5 Å². The third-order valence-corrected chi connectivity index (χ3v) is 3.04. The van der Waals surface area contributed by atoms with Crippen LogP contribution < -0.4 is 5.32 Å². The Balaban J connectivity index is 1.91. The fourth-order valence-electron chi connectivity index (χ4n) is 2.10. The first-order valence-corrected chi connectivity index (χ1v) is 5.60. The molecule has 2 atom stereocenters. The van der Waals surface area contributed by atoms with Gasteiger partial charge in [0.2, 0.25) is 0 Å². The summed E-state index contributed by atoms with van der Waals surface area (Å²) in [6, 6.07) is 3.35. The Morgan fingerprint density at radius 2 is 2.24 bits per heavy atom. The van der Waals surface area contributed by atoms with Gasteiger partial charge in [0.15, 0.2) is 0 Å². The molecule has 1 aromatic rings. The maximum atomic E-state index is 11.8. The van der Waals surface area contributed by atoms with Crippen LogP contribution in [0.1, 0.15) is 29.6 Å². The van der Waals surface area contributed by atoms with Gasteiger partial charge in [-0.1, -0.05) is 0 Å². The summed E-state index contributed by atoms with van der Waals surface area (Å²) in [6.45, 7) is 0. The maximum Gasteiger partial charge on any atom is 0.306 e. The molecule has 5 nitrogen and oxygen atoms in total. The molecule has 0 aliphatic heterocycles. The molecule has 0 unspecified atom stereocenters. The summed E-state index contributed by atoms with van der Waals surface area (Å²) in [5.74, 6) is -1.29. The van der Waals surface area contributed by atoms with Crippen molar-refractivity contribution in [2.45, 2.75) is 25.3 Å². The first-order valence-electron chi connectivity index (χ1n) is 5.60. The molecular formula is C12H14N2O3. The Morgan fingerprint density at radius 1 is 1.41 bits per heavy atom. The van der Waals surface area contributed by atoms with Crippen LogP contribution in [-0.4, -0.2) is 28.0 Å². The van der Waals surface area contributed by atoms with Gasteiger partial charge in [-0.3, -0.25) is 14.6 Å². The highest BCUT2D eigenvalue weighted by atomic mass is 16.4. The Hall–Kier alpha value is -1.91. The minimum absolute atomic E-state index is 0.0381. The zero-order valence-electron chi connectivity index (χ0n) is 9.30. The van der Waals surface area contributed by atoms with Gasteiger partial charge in [-0.2, -0.15) is 0 Å². The van der Waals surface area contributed by atoms with Gasteiger partial charge in [0, 0.05) is 18.4 Å². The van der Waals surface area contributed by atoms with E-state index in [-0.39, 0.29) is 17.9 Å². The molecular weight excluding hydrogens is 220 g/mol. The molecule has 1 aromatic heterocycles. The van der Waals surface area contributed by atoms with Gasteiger partial charge < -0.3 is 10.4 Å². The second-order valence-electron chi connectivity index (χ2n) is 4.26. The molecule has 0 aromatic carbocycles. The van der Waals surface area contributed by atoms with E-state index >= 15 is 0 Å². The molecule has 0 saturated heterocycles. The average Bonchev–Trinajstić information content (AvgIpc) is 2.79. The number of nitrogens with zero attached hydrogens (tertiary/aromatic N) is 1. The number of hydrogen-bond acceptors (Lipinski definition) is 3. The van der Waals surface area contributed by atoms with Crippen LogP contribution in [0.3, 0.4) is 0 Å². The zero-order chi connectivity index (χ0) is 12.3. The van der Waals surface area contributed by atoms with E-state index in [1.165, 1.54) is 6.20 Å². The predicted molar refractivity (Wildman–Crippen MR) is 60.5 cm³/mol. The fraction of sp³-hybridized carbons (Fsp3) is 0.417. The van der Waals surface area contributed by atoms with E-state index < -0.39 is 5.97 Å². The molecule has 1 saturated carbocycles. The first kappa shape index (κ1) is 11.6. The highest BCUT2D eigenvalue weighted by Gasteiger charge is 2.30. The molecule has 5 heteroatoms. The number of rotatable bonds is 3. The summed E-state index contributed by atoms with van der Waals surface area (Å²) in [7, 11) is 0. The summed E-state index contributed by atoms with van der Waals surface area (Å²) in [5, 5.41) is 11.7. The lowest BCUT2D eigenvalue weighted by atomic mass is 10.1. The number of nitrogens with one attached hydrogen (secondary N) is 1. The smallest absolute Gasteiger partial charge is 0.306 e. The van der Waals surface area contributed by atoms with E-state index in [0.717, 1.165) is 6.42 Å². The third-order valence-electron chi connectivity index (χ3n) is 3.04. The van der Waals surface area contributed by atoms with Gasteiger partial charge in [-0.25, -0.2) is 0 Å². The number of carboxylic acids is 1. The Morgan fingerprint density at radius 3 is 2.82 bits per heavy atom. The highest BCUT2D eigenvalue weighted by molar-refractivity contribution is 5.94. The van der Waals surface area contributed by atoms with E-state index in [1.54, 1.807) is 18.3 Å². The van der Waals surface area contributed by atoms with Gasteiger partial charge in [0.25, 0.3) is 5.91 Å². The molecule has 0 bridgehead atoms. The first-order chi connectivity index (χ1) is 8.16. The van der Waals surface area contributed by atoms with Gasteiger partial charge >= 0.3 is 5.97 Å². The van der Waals surface area contributed by atoms with Crippen molar-refractivity contribution in [3.05, 3.63) is 30.1 Å². The van der Waals surface area contributed by atoms with E-state index in [0.29, 0.717) is 18.4 Å². The molecule has 90 valence electrons. The molecule has 1 fully saturated rings. The lowest BCUT2D eigenvalue weighted by molar-refractivity contribution is -0.141. The fourth-order valence-corrected chi connectivity index (χ4v) is 2.10. The second kappa shape index (κ2) is 4.95. The minimum atomic E-state index is -0.775. The van der Waals surface area contributed by atoms with Crippen molar-refractivity contribution in [1.82, 2.24) is 10.3 Å². The van der Waals surface area contributed by atoms with E-state index in [4.69, 9.17) is 5.11 Å². The molecule has 1 amide bonds. The highest BCUT2D eigenvalue weighted by Crippen LogP contribution is 2.25. The molecule has 0 spiro atoms.